The summed E-state index contributed by atoms with van der Waals surface area (Å²) in [6, 6.07) is 7.90. The Morgan fingerprint density at radius 1 is 1.37 bits per heavy atom. The second-order valence-corrected chi connectivity index (χ2v) is 7.05. The molecule has 19 heavy (non-hydrogen) atoms. The van der Waals surface area contributed by atoms with Crippen molar-refractivity contribution in [2.45, 2.75) is 32.2 Å². The lowest BCUT2D eigenvalue weighted by molar-refractivity contribution is 0.216. The molecule has 0 fully saturated rings. The maximum absolute atomic E-state index is 12.2. The van der Waals surface area contributed by atoms with Gasteiger partial charge >= 0.3 is 0 Å². The van der Waals surface area contributed by atoms with Gasteiger partial charge in [0, 0.05) is 6.54 Å². The highest BCUT2D eigenvalue weighted by molar-refractivity contribution is 7.89. The number of hydrogen-bond donors (Lipinski definition) is 1. The Morgan fingerprint density at radius 3 is 2.79 bits per heavy atom. The van der Waals surface area contributed by atoms with E-state index in [-0.39, 0.29) is 24.9 Å². The largest absolute Gasteiger partial charge is 0.395 e. The first kappa shape index (κ1) is 14.5. The number of aryl methyl sites for hydroxylation is 1. The summed E-state index contributed by atoms with van der Waals surface area (Å²) >= 11 is 0. The highest BCUT2D eigenvalue weighted by atomic mass is 32.2. The minimum Gasteiger partial charge on any atom is -0.395 e. The molecule has 1 N–H and O–H groups in total. The van der Waals surface area contributed by atoms with E-state index >= 15 is 0 Å². The zero-order valence-electron chi connectivity index (χ0n) is 11.2. The number of nitrogens with zero attached hydrogens (tertiary/aromatic N) is 1. The molecule has 106 valence electrons. The van der Waals surface area contributed by atoms with Crippen molar-refractivity contribution in [3.8, 4) is 0 Å². The minimum absolute atomic E-state index is 0.0751. The molecule has 1 aromatic rings. The van der Waals surface area contributed by atoms with Crippen molar-refractivity contribution in [2.24, 2.45) is 0 Å². The van der Waals surface area contributed by atoms with Crippen molar-refractivity contribution in [3.63, 3.8) is 0 Å². The third-order valence-electron chi connectivity index (χ3n) is 3.73. The highest BCUT2D eigenvalue weighted by Crippen LogP contribution is 2.35. The summed E-state index contributed by atoms with van der Waals surface area (Å²) in [6.45, 7) is 1.68. The van der Waals surface area contributed by atoms with Crippen LogP contribution in [0.2, 0.25) is 0 Å². The van der Waals surface area contributed by atoms with Gasteiger partial charge in [0.05, 0.1) is 18.4 Å². The minimum atomic E-state index is -3.29. The molecule has 0 aliphatic heterocycles. The monoisotopic (exact) mass is 283 g/mol. The molecule has 0 bridgehead atoms. The number of fused-ring (bicyclic) bond motifs is 1. The Morgan fingerprint density at radius 2 is 2.11 bits per heavy atom. The first-order valence-corrected chi connectivity index (χ1v) is 8.39. The van der Waals surface area contributed by atoms with E-state index in [2.05, 4.69) is 6.07 Å². The van der Waals surface area contributed by atoms with E-state index in [9.17, 15) is 8.42 Å². The Balaban J connectivity index is 2.39. The zero-order chi connectivity index (χ0) is 13.9. The van der Waals surface area contributed by atoms with Crippen LogP contribution in [0.4, 0.5) is 0 Å². The molecule has 0 saturated heterocycles. The molecule has 0 amide bonds. The Labute approximate surface area is 115 Å². The van der Waals surface area contributed by atoms with Crippen LogP contribution < -0.4 is 0 Å². The van der Waals surface area contributed by atoms with Crippen molar-refractivity contribution in [3.05, 3.63) is 35.4 Å². The highest BCUT2D eigenvalue weighted by Gasteiger charge is 2.32. The van der Waals surface area contributed by atoms with Crippen molar-refractivity contribution >= 4 is 10.0 Å². The molecule has 1 aliphatic rings. The fraction of sp³-hybridized carbons (Fsp3) is 0.571. The van der Waals surface area contributed by atoms with Gasteiger partial charge in [0.15, 0.2) is 0 Å². The standard InChI is InChI=1S/C14H21NO3S/c1-2-19(17,18)15(10-11-16)14-9-5-7-12-6-3-4-8-13(12)14/h3-4,6,8,14,16H,2,5,7,9-11H2,1H3. The maximum Gasteiger partial charge on any atom is 0.214 e. The number of benzene rings is 1. The topological polar surface area (TPSA) is 57.6 Å². The van der Waals surface area contributed by atoms with Gasteiger partial charge in [-0.2, -0.15) is 4.31 Å². The van der Waals surface area contributed by atoms with E-state index in [1.165, 1.54) is 9.87 Å². The van der Waals surface area contributed by atoms with E-state index in [0.717, 1.165) is 24.8 Å². The number of hydrogen-bond acceptors (Lipinski definition) is 3. The molecule has 5 heteroatoms. The van der Waals surface area contributed by atoms with Crippen LogP contribution in [0.3, 0.4) is 0 Å². The van der Waals surface area contributed by atoms with E-state index in [1.54, 1.807) is 6.92 Å². The average molecular weight is 283 g/mol. The van der Waals surface area contributed by atoms with Gasteiger partial charge in [-0.3, -0.25) is 0 Å². The molecule has 1 aliphatic carbocycles. The van der Waals surface area contributed by atoms with Crippen LogP contribution in [0.25, 0.3) is 0 Å². The van der Waals surface area contributed by atoms with Crippen molar-refractivity contribution in [2.75, 3.05) is 18.9 Å². The molecule has 0 saturated carbocycles. The van der Waals surface area contributed by atoms with E-state index in [4.69, 9.17) is 5.11 Å². The molecular weight excluding hydrogens is 262 g/mol. The van der Waals surface area contributed by atoms with Gasteiger partial charge in [-0.05, 0) is 37.3 Å². The molecule has 2 rings (SSSR count). The summed E-state index contributed by atoms with van der Waals surface area (Å²) in [5.74, 6) is 0.0751. The Hall–Kier alpha value is -0.910. The molecule has 1 aromatic carbocycles. The summed E-state index contributed by atoms with van der Waals surface area (Å²) in [6.07, 6.45) is 2.82. The van der Waals surface area contributed by atoms with Crippen LogP contribution in [0.1, 0.15) is 36.9 Å². The molecule has 0 aromatic heterocycles. The van der Waals surface area contributed by atoms with E-state index < -0.39 is 10.0 Å². The third kappa shape index (κ3) is 2.99. The normalized spacial score (nSPS) is 19.4. The van der Waals surface area contributed by atoms with E-state index in [1.807, 2.05) is 18.2 Å². The lowest BCUT2D eigenvalue weighted by Crippen LogP contribution is -2.39. The van der Waals surface area contributed by atoms with Crippen LogP contribution in [0, 0.1) is 0 Å². The molecule has 0 heterocycles. The first-order valence-electron chi connectivity index (χ1n) is 6.78. The number of rotatable bonds is 5. The van der Waals surface area contributed by atoms with Crippen LogP contribution >= 0.6 is 0 Å². The maximum atomic E-state index is 12.2. The molecule has 1 unspecified atom stereocenters. The SMILES string of the molecule is CCS(=O)(=O)N(CCO)C1CCCc2ccccc21. The smallest absolute Gasteiger partial charge is 0.214 e. The third-order valence-corrected chi connectivity index (χ3v) is 5.61. The number of aliphatic hydroxyl groups is 1. The lowest BCUT2D eigenvalue weighted by Gasteiger charge is -2.34. The second kappa shape index (κ2) is 6.03. The van der Waals surface area contributed by atoms with Crippen LogP contribution in [-0.4, -0.2) is 36.7 Å². The van der Waals surface area contributed by atoms with E-state index in [0.29, 0.717) is 0 Å². The summed E-state index contributed by atoms with van der Waals surface area (Å²) < 4.78 is 25.9. The van der Waals surface area contributed by atoms with Gasteiger partial charge < -0.3 is 5.11 Å². The van der Waals surface area contributed by atoms with Crippen LogP contribution in [0.15, 0.2) is 24.3 Å². The van der Waals surface area contributed by atoms with Gasteiger partial charge in [0.25, 0.3) is 0 Å². The van der Waals surface area contributed by atoms with Crippen molar-refractivity contribution in [1.29, 1.82) is 0 Å². The average Bonchev–Trinajstić information content (AvgIpc) is 2.44. The summed E-state index contributed by atoms with van der Waals surface area (Å²) in [4.78, 5) is 0. The predicted molar refractivity (Wildman–Crippen MR) is 75.4 cm³/mol. The lowest BCUT2D eigenvalue weighted by atomic mass is 9.88. The quantitative estimate of drug-likeness (QED) is 0.895. The molecule has 0 radical (unpaired) electrons. The van der Waals surface area contributed by atoms with Crippen molar-refractivity contribution < 1.29 is 13.5 Å². The second-order valence-electron chi connectivity index (χ2n) is 4.84. The summed E-state index contributed by atoms with van der Waals surface area (Å²) in [5, 5.41) is 9.17. The van der Waals surface area contributed by atoms with Gasteiger partial charge in [-0.15, -0.1) is 0 Å². The zero-order valence-corrected chi connectivity index (χ0v) is 12.1. The number of sulfonamides is 1. The first-order chi connectivity index (χ1) is 9.10. The fourth-order valence-electron chi connectivity index (χ4n) is 2.78. The number of aliphatic hydroxyl groups excluding tert-OH is 1. The van der Waals surface area contributed by atoms with Gasteiger partial charge in [0.1, 0.15) is 0 Å². The summed E-state index contributed by atoms with van der Waals surface area (Å²) in [5.41, 5.74) is 2.33. The predicted octanol–water partition coefficient (Wildman–Crippen LogP) is 1.71. The molecule has 4 nitrogen and oxygen atoms in total. The van der Waals surface area contributed by atoms with Crippen LogP contribution in [-0.2, 0) is 16.4 Å². The van der Waals surface area contributed by atoms with Crippen LogP contribution in [0.5, 0.6) is 0 Å². The summed E-state index contributed by atoms with van der Waals surface area (Å²) in [7, 11) is -3.29. The molecule has 1 atom stereocenters. The Bertz CT molecular complexity index is 527. The molecular formula is C14H21NO3S. The van der Waals surface area contributed by atoms with Gasteiger partial charge in [-0.25, -0.2) is 8.42 Å². The van der Waals surface area contributed by atoms with Crippen molar-refractivity contribution in [1.82, 2.24) is 4.31 Å². The van der Waals surface area contributed by atoms with Gasteiger partial charge in [0.2, 0.25) is 10.0 Å². The Kier molecular flexibility index (Phi) is 4.60. The molecule has 0 spiro atoms. The van der Waals surface area contributed by atoms with Gasteiger partial charge in [-0.1, -0.05) is 24.3 Å². The fourth-order valence-corrected chi connectivity index (χ4v) is 4.08.